The van der Waals surface area contributed by atoms with Crippen LogP contribution < -0.4 is 10.2 Å². The Labute approximate surface area is 117 Å². The summed E-state index contributed by atoms with van der Waals surface area (Å²) in [5.74, 6) is 0.704. The Morgan fingerprint density at radius 3 is 2.95 bits per heavy atom. The number of likely N-dealkylation sites (N-methyl/N-ethyl adjacent to an activating group) is 1. The number of rotatable bonds is 5. The monoisotopic (exact) mass is 272 g/mol. The van der Waals surface area contributed by atoms with E-state index in [4.69, 9.17) is 0 Å². The molecule has 6 nitrogen and oxygen atoms in total. The van der Waals surface area contributed by atoms with Crippen LogP contribution in [-0.2, 0) is 11.3 Å². The largest absolute Gasteiger partial charge is 0.508 e. The summed E-state index contributed by atoms with van der Waals surface area (Å²) in [7, 11) is 1.78. The highest BCUT2D eigenvalue weighted by atomic mass is 16.3. The third-order valence-electron chi connectivity index (χ3n) is 2.72. The number of hydrogen-bond acceptors (Lipinski definition) is 5. The first-order valence-electron chi connectivity index (χ1n) is 6.17. The summed E-state index contributed by atoms with van der Waals surface area (Å²) in [5.41, 5.74) is 0.848. The number of phenols is 1. The number of phenolic OH excluding ortho intramolecular Hbond substituents is 1. The van der Waals surface area contributed by atoms with Gasteiger partial charge in [0.05, 0.1) is 12.7 Å². The number of nitrogens with one attached hydrogen (secondary N) is 1. The molecular weight excluding hydrogens is 256 g/mol. The molecule has 2 rings (SSSR count). The van der Waals surface area contributed by atoms with Gasteiger partial charge in [0.1, 0.15) is 11.6 Å². The van der Waals surface area contributed by atoms with Gasteiger partial charge in [-0.2, -0.15) is 0 Å². The molecule has 0 radical (unpaired) electrons. The Kier molecular flexibility index (Phi) is 4.49. The third-order valence-corrected chi connectivity index (χ3v) is 2.72. The molecule has 2 aromatic rings. The standard InChI is InChI=1S/C14H16N4O2/c1-18(13-9-15-5-6-16-13)10-14(20)17-8-11-3-2-4-12(19)7-11/h2-7,9,19H,8,10H2,1H3,(H,17,20). The average molecular weight is 272 g/mol. The number of anilines is 1. The van der Waals surface area contributed by atoms with Crippen LogP contribution in [0.5, 0.6) is 5.75 Å². The van der Waals surface area contributed by atoms with Crippen LogP contribution in [0.4, 0.5) is 5.82 Å². The molecule has 0 aliphatic carbocycles. The summed E-state index contributed by atoms with van der Waals surface area (Å²) in [4.78, 5) is 21.6. The lowest BCUT2D eigenvalue weighted by Gasteiger charge is -2.16. The molecule has 0 bridgehead atoms. The molecule has 0 fully saturated rings. The predicted octanol–water partition coefficient (Wildman–Crippen LogP) is 0.935. The van der Waals surface area contributed by atoms with Gasteiger partial charge in [-0.25, -0.2) is 4.98 Å². The van der Waals surface area contributed by atoms with E-state index >= 15 is 0 Å². The van der Waals surface area contributed by atoms with Crippen molar-refractivity contribution in [2.45, 2.75) is 6.54 Å². The summed E-state index contributed by atoms with van der Waals surface area (Å²) < 4.78 is 0. The molecule has 0 saturated carbocycles. The Morgan fingerprint density at radius 1 is 1.40 bits per heavy atom. The minimum Gasteiger partial charge on any atom is -0.508 e. The number of hydrogen-bond donors (Lipinski definition) is 2. The van der Waals surface area contributed by atoms with Gasteiger partial charge >= 0.3 is 0 Å². The van der Waals surface area contributed by atoms with Gasteiger partial charge in [0.15, 0.2) is 0 Å². The van der Waals surface area contributed by atoms with Gasteiger partial charge in [-0.05, 0) is 17.7 Å². The highest BCUT2D eigenvalue weighted by Gasteiger charge is 2.08. The molecule has 0 aliphatic rings. The zero-order valence-corrected chi connectivity index (χ0v) is 11.2. The van der Waals surface area contributed by atoms with E-state index in [9.17, 15) is 9.90 Å². The van der Waals surface area contributed by atoms with Crippen LogP contribution >= 0.6 is 0 Å². The van der Waals surface area contributed by atoms with Crippen LogP contribution in [0.2, 0.25) is 0 Å². The van der Waals surface area contributed by atoms with Crippen molar-refractivity contribution in [2.24, 2.45) is 0 Å². The predicted molar refractivity (Wildman–Crippen MR) is 75.3 cm³/mol. The molecule has 1 aromatic carbocycles. The highest BCUT2D eigenvalue weighted by Crippen LogP contribution is 2.10. The van der Waals surface area contributed by atoms with Crippen molar-refractivity contribution >= 4 is 11.7 Å². The number of amides is 1. The number of aromatic nitrogens is 2. The molecular formula is C14H16N4O2. The fourth-order valence-electron chi connectivity index (χ4n) is 1.71. The van der Waals surface area contributed by atoms with Gasteiger partial charge in [-0.1, -0.05) is 12.1 Å². The Morgan fingerprint density at radius 2 is 2.25 bits per heavy atom. The maximum Gasteiger partial charge on any atom is 0.239 e. The summed E-state index contributed by atoms with van der Waals surface area (Å²) in [6.07, 6.45) is 4.76. The van der Waals surface area contributed by atoms with Crippen molar-refractivity contribution in [1.29, 1.82) is 0 Å². The minimum absolute atomic E-state index is 0.124. The van der Waals surface area contributed by atoms with Crippen molar-refractivity contribution < 1.29 is 9.90 Å². The van der Waals surface area contributed by atoms with Crippen molar-refractivity contribution in [3.8, 4) is 5.75 Å². The normalized spacial score (nSPS) is 10.1. The summed E-state index contributed by atoms with van der Waals surface area (Å²) in [6, 6.07) is 6.79. The van der Waals surface area contributed by atoms with Crippen molar-refractivity contribution in [3.05, 3.63) is 48.4 Å². The molecule has 0 spiro atoms. The summed E-state index contributed by atoms with van der Waals surface area (Å²) in [5, 5.41) is 12.1. The number of carbonyl (C=O) groups is 1. The van der Waals surface area contributed by atoms with Crippen molar-refractivity contribution in [1.82, 2.24) is 15.3 Å². The second-order valence-corrected chi connectivity index (χ2v) is 4.37. The molecule has 1 aromatic heterocycles. The number of benzene rings is 1. The van der Waals surface area contributed by atoms with Gasteiger partial charge in [-0.3, -0.25) is 9.78 Å². The SMILES string of the molecule is CN(CC(=O)NCc1cccc(O)c1)c1cnccn1. The summed E-state index contributed by atoms with van der Waals surface area (Å²) in [6.45, 7) is 0.569. The molecule has 0 unspecified atom stereocenters. The van der Waals surface area contributed by atoms with Crippen LogP contribution in [0.25, 0.3) is 0 Å². The minimum atomic E-state index is -0.124. The van der Waals surface area contributed by atoms with E-state index in [1.165, 1.54) is 0 Å². The maximum atomic E-state index is 11.8. The van der Waals surface area contributed by atoms with Gasteiger partial charge in [0.2, 0.25) is 5.91 Å². The second-order valence-electron chi connectivity index (χ2n) is 4.37. The topological polar surface area (TPSA) is 78.4 Å². The molecule has 20 heavy (non-hydrogen) atoms. The van der Waals surface area contributed by atoms with Gasteiger partial charge in [-0.15, -0.1) is 0 Å². The van der Waals surface area contributed by atoms with Gasteiger partial charge in [0, 0.05) is 26.0 Å². The number of nitrogens with zero attached hydrogens (tertiary/aromatic N) is 3. The molecule has 6 heteroatoms. The molecule has 104 valence electrons. The lowest BCUT2D eigenvalue weighted by molar-refractivity contribution is -0.119. The van der Waals surface area contributed by atoms with Crippen LogP contribution in [0.3, 0.4) is 0 Å². The fourth-order valence-corrected chi connectivity index (χ4v) is 1.71. The molecule has 2 N–H and O–H groups in total. The van der Waals surface area contributed by atoms with E-state index in [1.54, 1.807) is 48.7 Å². The first-order chi connectivity index (χ1) is 9.65. The second kappa shape index (κ2) is 6.51. The van der Waals surface area contributed by atoms with E-state index in [0.717, 1.165) is 5.56 Å². The van der Waals surface area contributed by atoms with Gasteiger partial charge < -0.3 is 15.3 Å². The molecule has 0 atom stereocenters. The maximum absolute atomic E-state index is 11.8. The average Bonchev–Trinajstić information content (AvgIpc) is 2.46. The molecule has 0 saturated heterocycles. The Balaban J connectivity index is 1.84. The molecule has 0 aliphatic heterocycles. The van der Waals surface area contributed by atoms with Crippen LogP contribution in [-0.4, -0.2) is 34.6 Å². The van der Waals surface area contributed by atoms with Crippen molar-refractivity contribution in [3.63, 3.8) is 0 Å². The first-order valence-corrected chi connectivity index (χ1v) is 6.17. The zero-order valence-electron chi connectivity index (χ0n) is 11.2. The number of aromatic hydroxyl groups is 1. The Hall–Kier alpha value is -2.63. The van der Waals surface area contributed by atoms with E-state index in [1.807, 2.05) is 6.07 Å². The zero-order chi connectivity index (χ0) is 14.4. The third kappa shape index (κ3) is 3.94. The highest BCUT2D eigenvalue weighted by molar-refractivity contribution is 5.80. The summed E-state index contributed by atoms with van der Waals surface area (Å²) >= 11 is 0. The van der Waals surface area contributed by atoms with E-state index in [2.05, 4.69) is 15.3 Å². The Bertz CT molecular complexity index is 574. The van der Waals surface area contributed by atoms with Gasteiger partial charge in [0.25, 0.3) is 0 Å². The lowest BCUT2D eigenvalue weighted by atomic mass is 10.2. The quantitative estimate of drug-likeness (QED) is 0.846. The molecule has 1 amide bonds. The number of carbonyl (C=O) groups excluding carboxylic acids is 1. The van der Waals surface area contributed by atoms with E-state index in [0.29, 0.717) is 12.4 Å². The lowest BCUT2D eigenvalue weighted by Crippen LogP contribution is -2.35. The van der Waals surface area contributed by atoms with E-state index in [-0.39, 0.29) is 18.2 Å². The van der Waals surface area contributed by atoms with Crippen molar-refractivity contribution in [2.75, 3.05) is 18.5 Å². The van der Waals surface area contributed by atoms with E-state index < -0.39 is 0 Å². The molecule has 1 heterocycles. The van der Waals surface area contributed by atoms with Crippen LogP contribution in [0.15, 0.2) is 42.9 Å². The first kappa shape index (κ1) is 13.8. The fraction of sp³-hybridized carbons (Fsp3) is 0.214. The van der Waals surface area contributed by atoms with Crippen LogP contribution in [0.1, 0.15) is 5.56 Å². The van der Waals surface area contributed by atoms with Crippen LogP contribution in [0, 0.1) is 0 Å². The smallest absolute Gasteiger partial charge is 0.239 e.